The molecule has 0 radical (unpaired) electrons. The van der Waals surface area contributed by atoms with Gasteiger partial charge in [-0.15, -0.1) is 0 Å². The van der Waals surface area contributed by atoms with Gasteiger partial charge in [0.25, 0.3) is 5.91 Å². The quantitative estimate of drug-likeness (QED) is 0.865. The lowest BCUT2D eigenvalue weighted by Gasteiger charge is -2.19. The highest BCUT2D eigenvalue weighted by molar-refractivity contribution is 6.07. The summed E-state index contributed by atoms with van der Waals surface area (Å²) in [6, 6.07) is 7.54. The molecule has 7 heteroatoms. The summed E-state index contributed by atoms with van der Waals surface area (Å²) in [5.41, 5.74) is 1.36. The first kappa shape index (κ1) is 15.8. The molecule has 2 aliphatic rings. The first-order valence-electron chi connectivity index (χ1n) is 8.67. The molecule has 1 saturated heterocycles. The van der Waals surface area contributed by atoms with Gasteiger partial charge in [0, 0.05) is 5.56 Å². The number of aromatic nitrogens is 2. The molecule has 0 bridgehead atoms. The van der Waals surface area contributed by atoms with Gasteiger partial charge < -0.3 is 9.84 Å². The second-order valence-corrected chi connectivity index (χ2v) is 6.67. The third-order valence-corrected chi connectivity index (χ3v) is 5.08. The molecule has 7 nitrogen and oxygen atoms in total. The third-order valence-electron chi connectivity index (χ3n) is 5.08. The van der Waals surface area contributed by atoms with Gasteiger partial charge in [0.1, 0.15) is 12.1 Å². The van der Waals surface area contributed by atoms with Crippen LogP contribution in [0.1, 0.15) is 44.1 Å². The zero-order valence-corrected chi connectivity index (χ0v) is 14.1. The SMILES string of the molecule is CCc1ccc(-c2noc(CN3C(=O)NC4(CCCC4)C3=O)n2)cc1. The highest BCUT2D eigenvalue weighted by atomic mass is 16.5. The van der Waals surface area contributed by atoms with Crippen LogP contribution < -0.4 is 5.32 Å². The van der Waals surface area contributed by atoms with E-state index < -0.39 is 5.54 Å². The van der Waals surface area contributed by atoms with E-state index in [2.05, 4.69) is 22.4 Å². The van der Waals surface area contributed by atoms with Crippen LogP contribution in [0.5, 0.6) is 0 Å². The lowest BCUT2D eigenvalue weighted by Crippen LogP contribution is -2.44. The van der Waals surface area contributed by atoms with Crippen LogP contribution in [0.3, 0.4) is 0 Å². The number of nitrogens with zero attached hydrogens (tertiary/aromatic N) is 3. The maximum absolute atomic E-state index is 12.6. The fourth-order valence-corrected chi connectivity index (χ4v) is 3.60. The molecular weight excluding hydrogens is 320 g/mol. The summed E-state index contributed by atoms with van der Waals surface area (Å²) in [4.78, 5) is 30.4. The van der Waals surface area contributed by atoms with Gasteiger partial charge >= 0.3 is 6.03 Å². The molecule has 1 aliphatic heterocycles. The number of aryl methyl sites for hydroxylation is 1. The van der Waals surface area contributed by atoms with Crippen molar-refractivity contribution >= 4 is 11.9 Å². The van der Waals surface area contributed by atoms with E-state index in [0.717, 1.165) is 24.8 Å². The first-order valence-corrected chi connectivity index (χ1v) is 8.67. The minimum absolute atomic E-state index is 0.00641. The van der Waals surface area contributed by atoms with Gasteiger partial charge in [0.15, 0.2) is 0 Å². The van der Waals surface area contributed by atoms with Crippen LogP contribution in [0.25, 0.3) is 11.4 Å². The molecule has 2 fully saturated rings. The van der Waals surface area contributed by atoms with Crippen LogP contribution in [0.15, 0.2) is 28.8 Å². The lowest BCUT2D eigenvalue weighted by atomic mass is 9.98. The Kier molecular flexibility index (Phi) is 3.78. The van der Waals surface area contributed by atoms with Crippen molar-refractivity contribution in [3.05, 3.63) is 35.7 Å². The highest BCUT2D eigenvalue weighted by Gasteiger charge is 2.52. The Bertz CT molecular complexity index is 806. The van der Waals surface area contributed by atoms with E-state index in [-0.39, 0.29) is 24.4 Å². The van der Waals surface area contributed by atoms with Crippen molar-refractivity contribution in [3.63, 3.8) is 0 Å². The highest BCUT2D eigenvalue weighted by Crippen LogP contribution is 2.35. The van der Waals surface area contributed by atoms with Gasteiger partial charge in [0.2, 0.25) is 11.7 Å². The molecule has 2 heterocycles. The lowest BCUT2D eigenvalue weighted by molar-refractivity contribution is -0.131. The monoisotopic (exact) mass is 340 g/mol. The molecule has 1 N–H and O–H groups in total. The Morgan fingerprint density at radius 1 is 1.20 bits per heavy atom. The van der Waals surface area contributed by atoms with Crippen molar-refractivity contribution < 1.29 is 14.1 Å². The minimum atomic E-state index is -0.712. The van der Waals surface area contributed by atoms with Gasteiger partial charge in [-0.3, -0.25) is 9.69 Å². The fraction of sp³-hybridized carbons (Fsp3) is 0.444. The standard InChI is InChI=1S/C18H20N4O3/c1-2-12-5-7-13(8-6-12)15-19-14(25-21-15)11-22-16(23)18(20-17(22)24)9-3-4-10-18/h5-8H,2-4,9-11H2,1H3,(H,20,24). The van der Waals surface area contributed by atoms with E-state index in [4.69, 9.17) is 4.52 Å². The average Bonchev–Trinajstić information content (AvgIpc) is 3.33. The van der Waals surface area contributed by atoms with E-state index in [1.165, 1.54) is 10.5 Å². The number of hydrogen-bond acceptors (Lipinski definition) is 5. The van der Waals surface area contributed by atoms with Gasteiger partial charge in [-0.25, -0.2) is 4.79 Å². The second kappa shape index (κ2) is 5.98. The molecular formula is C18H20N4O3. The van der Waals surface area contributed by atoms with Gasteiger partial charge in [-0.2, -0.15) is 4.98 Å². The predicted molar refractivity (Wildman–Crippen MR) is 89.4 cm³/mol. The van der Waals surface area contributed by atoms with Crippen molar-refractivity contribution in [1.29, 1.82) is 0 Å². The van der Waals surface area contributed by atoms with Crippen LogP contribution in [0, 0.1) is 0 Å². The number of amides is 3. The summed E-state index contributed by atoms with van der Waals surface area (Å²) in [5, 5.41) is 6.82. The Hall–Kier alpha value is -2.70. The molecule has 1 saturated carbocycles. The number of urea groups is 1. The predicted octanol–water partition coefficient (Wildman–Crippen LogP) is 2.66. The molecule has 25 heavy (non-hydrogen) atoms. The Morgan fingerprint density at radius 2 is 1.92 bits per heavy atom. The van der Waals surface area contributed by atoms with Crippen molar-refractivity contribution in [1.82, 2.24) is 20.4 Å². The van der Waals surface area contributed by atoms with Crippen molar-refractivity contribution in [2.24, 2.45) is 0 Å². The number of hydrogen-bond donors (Lipinski definition) is 1. The molecule has 1 aliphatic carbocycles. The van der Waals surface area contributed by atoms with Crippen LogP contribution in [0.4, 0.5) is 4.79 Å². The average molecular weight is 340 g/mol. The van der Waals surface area contributed by atoms with Crippen molar-refractivity contribution in [2.45, 2.75) is 51.1 Å². The summed E-state index contributed by atoms with van der Waals surface area (Å²) >= 11 is 0. The molecule has 1 aromatic heterocycles. The summed E-state index contributed by atoms with van der Waals surface area (Å²) in [5.74, 6) is 0.537. The van der Waals surface area contributed by atoms with Crippen molar-refractivity contribution in [3.8, 4) is 11.4 Å². The topological polar surface area (TPSA) is 88.3 Å². The number of benzene rings is 1. The minimum Gasteiger partial charge on any atom is -0.337 e. The van der Waals surface area contributed by atoms with Crippen LogP contribution in [-0.4, -0.2) is 32.5 Å². The second-order valence-electron chi connectivity index (χ2n) is 6.67. The number of imide groups is 1. The van der Waals surface area contributed by atoms with E-state index >= 15 is 0 Å². The Balaban J connectivity index is 1.51. The molecule has 4 rings (SSSR count). The molecule has 3 amide bonds. The Morgan fingerprint density at radius 3 is 2.60 bits per heavy atom. The Labute approximate surface area is 145 Å². The van der Waals surface area contributed by atoms with Gasteiger partial charge in [0.05, 0.1) is 0 Å². The zero-order chi connectivity index (χ0) is 17.4. The maximum Gasteiger partial charge on any atom is 0.325 e. The molecule has 1 spiro atoms. The number of carbonyl (C=O) groups is 2. The third kappa shape index (κ3) is 2.69. The fourth-order valence-electron chi connectivity index (χ4n) is 3.60. The summed E-state index contributed by atoms with van der Waals surface area (Å²) < 4.78 is 5.25. The van der Waals surface area contributed by atoms with E-state index in [9.17, 15) is 9.59 Å². The number of carbonyl (C=O) groups excluding carboxylic acids is 2. The van der Waals surface area contributed by atoms with Crippen LogP contribution in [-0.2, 0) is 17.8 Å². The van der Waals surface area contributed by atoms with E-state index in [1.54, 1.807) is 0 Å². The van der Waals surface area contributed by atoms with Gasteiger partial charge in [-0.05, 0) is 24.8 Å². The molecule has 2 aromatic rings. The molecule has 1 aromatic carbocycles. The summed E-state index contributed by atoms with van der Waals surface area (Å²) in [6.45, 7) is 2.10. The molecule has 130 valence electrons. The zero-order valence-electron chi connectivity index (χ0n) is 14.1. The maximum atomic E-state index is 12.6. The smallest absolute Gasteiger partial charge is 0.325 e. The number of rotatable bonds is 4. The van der Waals surface area contributed by atoms with Crippen LogP contribution in [0.2, 0.25) is 0 Å². The van der Waals surface area contributed by atoms with Crippen molar-refractivity contribution in [2.75, 3.05) is 0 Å². The largest absolute Gasteiger partial charge is 0.337 e. The van der Waals surface area contributed by atoms with Crippen LogP contribution >= 0.6 is 0 Å². The normalized spacial score (nSPS) is 19.0. The molecule has 0 unspecified atom stereocenters. The molecule has 0 atom stereocenters. The van der Waals surface area contributed by atoms with E-state index in [0.29, 0.717) is 18.7 Å². The number of nitrogens with one attached hydrogen (secondary N) is 1. The van der Waals surface area contributed by atoms with E-state index in [1.807, 2.05) is 24.3 Å². The van der Waals surface area contributed by atoms with Gasteiger partial charge in [-0.1, -0.05) is 49.2 Å². The summed E-state index contributed by atoms with van der Waals surface area (Å²) in [6.07, 6.45) is 4.28. The summed E-state index contributed by atoms with van der Waals surface area (Å²) in [7, 11) is 0. The first-order chi connectivity index (χ1) is 12.1.